The summed E-state index contributed by atoms with van der Waals surface area (Å²) in [6.45, 7) is 16.4. The maximum absolute atomic E-state index is 14.7. The van der Waals surface area contributed by atoms with Crippen LogP contribution in [0, 0.1) is 23.7 Å². The summed E-state index contributed by atoms with van der Waals surface area (Å²) in [6.07, 6.45) is -1.10. The second-order valence-electron chi connectivity index (χ2n) is 27.3. The fourth-order valence-corrected chi connectivity index (χ4v) is 11.5. The molecule has 1 aromatic carbocycles. The van der Waals surface area contributed by atoms with Gasteiger partial charge in [-0.1, -0.05) is 67.5 Å². The van der Waals surface area contributed by atoms with Crippen LogP contribution in [0.2, 0.25) is 0 Å². The lowest BCUT2D eigenvalue weighted by atomic mass is 9.99. The Morgan fingerprint density at radius 1 is 0.475 bits per heavy atom. The number of nitrogens with one attached hydrogen (secondary N) is 10. The molecule has 0 saturated carbocycles. The summed E-state index contributed by atoms with van der Waals surface area (Å²) < 4.78 is 0. The van der Waals surface area contributed by atoms with Crippen LogP contribution in [0.1, 0.15) is 158 Å². The lowest BCUT2D eigenvalue weighted by Crippen LogP contribution is -2.61. The number of nitrogens with zero attached hydrogens (tertiary/aromatic N) is 2. The topological polar surface area (TPSA) is 565 Å². The van der Waals surface area contributed by atoms with Crippen LogP contribution in [0.3, 0.4) is 0 Å². The smallest absolute Gasteiger partial charge is 0.326 e. The summed E-state index contributed by atoms with van der Waals surface area (Å²) in [4.78, 5) is 218. The third-order valence-electron chi connectivity index (χ3n) is 17.0. The lowest BCUT2D eigenvalue weighted by Gasteiger charge is -2.32. The molecule has 0 aromatic heterocycles. The van der Waals surface area contributed by atoms with Crippen molar-refractivity contribution in [2.24, 2.45) is 46.6 Å². The minimum absolute atomic E-state index is 0.00753. The van der Waals surface area contributed by atoms with Gasteiger partial charge < -0.3 is 101 Å². The number of likely N-dealkylation sites (tertiary alicyclic amines) is 2. The fraction of sp³-hybridized carbons (Fsp3) is 0.667. The van der Waals surface area contributed by atoms with Crippen LogP contribution in [-0.2, 0) is 83.1 Å². The van der Waals surface area contributed by atoms with Gasteiger partial charge in [-0.25, -0.2) is 4.79 Å². The molecular formula is C66H106N16O19. The maximum atomic E-state index is 14.7. The van der Waals surface area contributed by atoms with Crippen LogP contribution in [0.5, 0.6) is 5.75 Å². The molecule has 3 rings (SSSR count). The van der Waals surface area contributed by atoms with Gasteiger partial charge in [0.1, 0.15) is 78.3 Å². The van der Waals surface area contributed by atoms with E-state index >= 15 is 0 Å². The minimum atomic E-state index is -1.86. The van der Waals surface area contributed by atoms with Crippen LogP contribution < -0.4 is 76.1 Å². The van der Waals surface area contributed by atoms with Crippen molar-refractivity contribution in [2.75, 3.05) is 19.6 Å². The number of carboxylic acids is 2. The van der Waals surface area contributed by atoms with Crippen molar-refractivity contribution in [3.63, 3.8) is 0 Å². The van der Waals surface area contributed by atoms with E-state index in [2.05, 4.69) is 53.2 Å². The van der Waals surface area contributed by atoms with E-state index in [0.29, 0.717) is 24.8 Å². The van der Waals surface area contributed by atoms with E-state index in [1.807, 2.05) is 13.8 Å². The van der Waals surface area contributed by atoms with Crippen molar-refractivity contribution in [2.45, 2.75) is 238 Å². The molecule has 101 heavy (non-hydrogen) atoms. The largest absolute Gasteiger partial charge is 0.508 e. The number of unbranched alkanes of at least 4 members (excludes halogenated alkanes) is 1. The molecule has 2 saturated heterocycles. The molecule has 21 N–H and O–H groups in total. The number of aliphatic carboxylic acids is 2. The number of phenolic OH excluding ortho intramolecular Hbond substituents is 1. The van der Waals surface area contributed by atoms with Gasteiger partial charge in [-0.2, -0.15) is 0 Å². The van der Waals surface area contributed by atoms with Crippen molar-refractivity contribution in [3.05, 3.63) is 29.8 Å². The Bertz CT molecular complexity index is 3110. The van der Waals surface area contributed by atoms with E-state index in [1.165, 1.54) is 35.8 Å². The molecule has 2 fully saturated rings. The maximum Gasteiger partial charge on any atom is 0.326 e. The number of carbonyl (C=O) groups excluding carboxylic acids is 14. The number of benzene rings is 1. The molecule has 2 heterocycles. The molecule has 2 aliphatic rings. The Balaban J connectivity index is 1.79. The number of carbonyl (C=O) groups is 16. The predicted octanol–water partition coefficient (Wildman–Crippen LogP) is -3.63. The summed E-state index contributed by atoms with van der Waals surface area (Å²) in [6, 6.07) is -11.8. The SMILES string of the molecule is CC(C)C[C@H](NC(=O)[C@H](CC(N)=O)NC(=O)[C@H](CC(N)=O)NC(=O)[C@@H]1CCCN1C(=O)[C@H](C)NC(=O)[C@H](CC(C)C)NC(=O)[C@@H](N)Cc1ccc(O)cc1)C(=O)N[C@@H](CCCCN)C(=O)N1CCC[C@H]1C(=O)N[C@H](C(=O)N[C@H](C(=O)N[C@@H](C)C(=O)N[C@@H](CCC(=O)O)C(=O)O)C(C)C)C(C)C. The van der Waals surface area contributed by atoms with E-state index in [9.17, 15) is 86.9 Å². The number of primary amides is 2. The molecule has 0 bridgehead atoms. The molecule has 14 amide bonds. The molecule has 35 heteroatoms. The monoisotopic (exact) mass is 1430 g/mol. The Morgan fingerprint density at radius 3 is 1.39 bits per heavy atom. The van der Waals surface area contributed by atoms with Gasteiger partial charge in [-0.15, -0.1) is 0 Å². The highest BCUT2D eigenvalue weighted by atomic mass is 16.4. The molecule has 13 atom stereocenters. The zero-order chi connectivity index (χ0) is 76.3. The zero-order valence-corrected chi connectivity index (χ0v) is 59.2. The van der Waals surface area contributed by atoms with Crippen molar-refractivity contribution in [3.8, 4) is 5.75 Å². The van der Waals surface area contributed by atoms with E-state index in [0.717, 1.165) is 0 Å². The molecule has 0 unspecified atom stereocenters. The van der Waals surface area contributed by atoms with E-state index in [-0.39, 0.29) is 82.2 Å². The number of amides is 14. The average Bonchev–Trinajstić information content (AvgIpc) is 1.76. The van der Waals surface area contributed by atoms with Gasteiger partial charge in [0.2, 0.25) is 82.7 Å². The van der Waals surface area contributed by atoms with E-state index in [4.69, 9.17) is 28.0 Å². The fourth-order valence-electron chi connectivity index (χ4n) is 11.5. The van der Waals surface area contributed by atoms with Crippen molar-refractivity contribution < 1.29 is 92.0 Å². The van der Waals surface area contributed by atoms with Gasteiger partial charge in [0.25, 0.3) is 0 Å². The number of aromatic hydroxyl groups is 1. The van der Waals surface area contributed by atoms with Gasteiger partial charge in [0.15, 0.2) is 0 Å². The summed E-state index contributed by atoms with van der Waals surface area (Å²) in [5.74, 6) is -16.9. The summed E-state index contributed by atoms with van der Waals surface area (Å²) in [5.41, 5.74) is 23.7. The second kappa shape index (κ2) is 41.3. The Labute approximate surface area is 587 Å². The number of phenols is 1. The highest BCUT2D eigenvalue weighted by molar-refractivity contribution is 6.01. The first-order valence-electron chi connectivity index (χ1n) is 34.2. The first kappa shape index (κ1) is 85.7. The highest BCUT2D eigenvalue weighted by Gasteiger charge is 2.43. The molecule has 0 aliphatic carbocycles. The molecule has 2 aliphatic heterocycles. The number of hydrogen-bond acceptors (Lipinski definition) is 19. The highest BCUT2D eigenvalue weighted by Crippen LogP contribution is 2.23. The number of nitrogens with two attached hydrogens (primary N) is 4. The van der Waals surface area contributed by atoms with Crippen LogP contribution in [0.15, 0.2) is 24.3 Å². The van der Waals surface area contributed by atoms with Gasteiger partial charge in [-0.05, 0) is 132 Å². The Hall–Kier alpha value is -9.54. The Morgan fingerprint density at radius 2 is 0.901 bits per heavy atom. The summed E-state index contributed by atoms with van der Waals surface area (Å²) in [7, 11) is 0. The van der Waals surface area contributed by atoms with Crippen molar-refractivity contribution in [1.82, 2.24) is 63.0 Å². The van der Waals surface area contributed by atoms with Crippen LogP contribution >= 0.6 is 0 Å². The average molecular weight is 1430 g/mol. The van der Waals surface area contributed by atoms with Gasteiger partial charge in [0.05, 0.1) is 18.9 Å². The summed E-state index contributed by atoms with van der Waals surface area (Å²) >= 11 is 0. The van der Waals surface area contributed by atoms with Gasteiger partial charge in [-0.3, -0.25) is 71.9 Å². The van der Waals surface area contributed by atoms with Gasteiger partial charge in [0, 0.05) is 19.5 Å². The molecule has 0 spiro atoms. The molecule has 0 radical (unpaired) electrons. The van der Waals surface area contributed by atoms with E-state index < -0.39 is 211 Å². The third-order valence-corrected chi connectivity index (χ3v) is 17.0. The number of hydrogen-bond donors (Lipinski definition) is 17. The van der Waals surface area contributed by atoms with Gasteiger partial charge >= 0.3 is 11.9 Å². The number of carboxylic acid groups (broad SMARTS) is 2. The number of rotatable bonds is 42. The quantitative estimate of drug-likeness (QED) is 0.0281. The second-order valence-corrected chi connectivity index (χ2v) is 27.3. The molecule has 35 nitrogen and oxygen atoms in total. The lowest BCUT2D eigenvalue weighted by molar-refractivity contribution is -0.143. The minimum Gasteiger partial charge on any atom is -0.508 e. The third kappa shape index (κ3) is 28.2. The summed E-state index contributed by atoms with van der Waals surface area (Å²) in [5, 5.41) is 53.3. The predicted molar refractivity (Wildman–Crippen MR) is 364 cm³/mol. The Kier molecular flexibility index (Phi) is 35.0. The van der Waals surface area contributed by atoms with Crippen molar-refractivity contribution >= 4 is 94.6 Å². The first-order valence-corrected chi connectivity index (χ1v) is 34.2. The standard InChI is InChI=1S/C66H106N16O19/c1-32(2)27-43(75-55(89)40(68)29-38-18-20-39(83)21-19-38)56(90)72-37(10)64(98)81-25-13-16-47(81)60(94)78-46(31-50(70)85)59(93)77-45(30-49(69)84)58(92)76-44(28-33(3)4)57(91)73-41(15-11-12-24-67)65(99)82-26-14-17-48(82)61(95)79-53(35(7)8)63(97)80-52(34(5)6)62(96)71-36(9)54(88)74-42(66(100)101)22-23-51(86)87/h18-21,32-37,40-48,52-53,83H,11-17,22-31,67-68H2,1-10H3,(H2,69,84)(H2,70,85)(H,71,96)(H,72,90)(H,73,91)(H,74,88)(H,75,89)(H,76,92)(H,77,93)(H,78,94)(H,79,95)(H,80,97)(H,86,87)(H,100,101)/t36-,37-,40-,41-,42-,43-,44-,45-,46-,47-,48-,52-,53-/m0/s1. The van der Waals surface area contributed by atoms with Crippen LogP contribution in [0.4, 0.5) is 0 Å². The molecule has 564 valence electrons. The molecular weight excluding hydrogens is 1320 g/mol. The van der Waals surface area contributed by atoms with Crippen LogP contribution in [0.25, 0.3) is 0 Å². The van der Waals surface area contributed by atoms with Crippen molar-refractivity contribution in [1.29, 1.82) is 0 Å². The van der Waals surface area contributed by atoms with Crippen LogP contribution in [-0.4, -0.2) is 218 Å². The molecule has 1 aromatic rings. The zero-order valence-electron chi connectivity index (χ0n) is 59.2. The first-order chi connectivity index (χ1) is 47.3. The van der Waals surface area contributed by atoms with E-state index in [1.54, 1.807) is 53.7 Å². The normalized spacial score (nSPS) is 17.6.